The van der Waals surface area contributed by atoms with Gasteiger partial charge in [-0.2, -0.15) is 13.2 Å². The SMILES string of the molecule is COc1cnc(CN2C(=O)c3ccccc3C2=O)c(C(F)(F)F)n1. The number of aromatic nitrogens is 2. The maximum absolute atomic E-state index is 13.1. The lowest BCUT2D eigenvalue weighted by atomic mass is 10.1. The van der Waals surface area contributed by atoms with Gasteiger partial charge in [0.1, 0.15) is 0 Å². The minimum Gasteiger partial charge on any atom is -0.480 e. The molecular formula is C15H10F3N3O3. The summed E-state index contributed by atoms with van der Waals surface area (Å²) in [5.74, 6) is -1.64. The highest BCUT2D eigenvalue weighted by Gasteiger charge is 2.40. The Hall–Kier alpha value is -2.97. The summed E-state index contributed by atoms with van der Waals surface area (Å²) in [6.45, 7) is -0.627. The molecule has 0 spiro atoms. The second kappa shape index (κ2) is 5.59. The third-order valence-corrected chi connectivity index (χ3v) is 3.49. The number of methoxy groups -OCH3 is 1. The average molecular weight is 337 g/mol. The predicted molar refractivity (Wildman–Crippen MR) is 74.2 cm³/mol. The third-order valence-electron chi connectivity index (χ3n) is 3.49. The highest BCUT2D eigenvalue weighted by molar-refractivity contribution is 6.21. The van der Waals surface area contributed by atoms with Crippen LogP contribution in [0.1, 0.15) is 32.1 Å². The van der Waals surface area contributed by atoms with E-state index in [9.17, 15) is 22.8 Å². The Morgan fingerprint density at radius 3 is 2.21 bits per heavy atom. The Morgan fingerprint density at radius 1 is 1.12 bits per heavy atom. The van der Waals surface area contributed by atoms with Gasteiger partial charge in [0.15, 0.2) is 5.69 Å². The van der Waals surface area contributed by atoms with Gasteiger partial charge in [-0.1, -0.05) is 12.1 Å². The van der Waals surface area contributed by atoms with Crippen LogP contribution in [-0.4, -0.2) is 33.8 Å². The highest BCUT2D eigenvalue weighted by atomic mass is 19.4. The van der Waals surface area contributed by atoms with Gasteiger partial charge in [-0.15, -0.1) is 0 Å². The van der Waals surface area contributed by atoms with Crippen molar-refractivity contribution in [2.45, 2.75) is 12.7 Å². The second-order valence-corrected chi connectivity index (χ2v) is 4.95. The Labute approximate surface area is 133 Å². The van der Waals surface area contributed by atoms with E-state index in [0.29, 0.717) is 0 Å². The molecule has 1 aliphatic rings. The van der Waals surface area contributed by atoms with Crippen LogP contribution in [0.15, 0.2) is 30.5 Å². The van der Waals surface area contributed by atoms with Crippen LogP contribution in [0.2, 0.25) is 0 Å². The zero-order valence-electron chi connectivity index (χ0n) is 12.3. The van der Waals surface area contributed by atoms with E-state index in [1.807, 2.05) is 0 Å². The molecule has 0 fully saturated rings. The fourth-order valence-corrected chi connectivity index (χ4v) is 2.37. The fourth-order valence-electron chi connectivity index (χ4n) is 2.37. The van der Waals surface area contributed by atoms with Crippen molar-refractivity contribution >= 4 is 11.8 Å². The number of hydrogen-bond donors (Lipinski definition) is 0. The van der Waals surface area contributed by atoms with E-state index in [-0.39, 0.29) is 17.0 Å². The van der Waals surface area contributed by atoms with E-state index in [0.717, 1.165) is 18.2 Å². The minimum atomic E-state index is -4.80. The van der Waals surface area contributed by atoms with E-state index >= 15 is 0 Å². The molecule has 6 nitrogen and oxygen atoms in total. The molecule has 24 heavy (non-hydrogen) atoms. The Bertz CT molecular complexity index is 801. The van der Waals surface area contributed by atoms with Crippen molar-refractivity contribution in [3.8, 4) is 5.88 Å². The summed E-state index contributed by atoms with van der Waals surface area (Å²) < 4.78 is 44.1. The molecule has 1 aromatic carbocycles. The molecule has 0 N–H and O–H groups in total. The molecule has 0 saturated heterocycles. The molecule has 124 valence electrons. The van der Waals surface area contributed by atoms with E-state index in [1.54, 1.807) is 12.1 Å². The van der Waals surface area contributed by atoms with Crippen molar-refractivity contribution < 1.29 is 27.5 Å². The van der Waals surface area contributed by atoms with E-state index < -0.39 is 35.9 Å². The highest BCUT2D eigenvalue weighted by Crippen LogP contribution is 2.32. The number of imide groups is 1. The smallest absolute Gasteiger partial charge is 0.435 e. The monoisotopic (exact) mass is 337 g/mol. The number of alkyl halides is 3. The van der Waals surface area contributed by atoms with Gasteiger partial charge in [0, 0.05) is 0 Å². The van der Waals surface area contributed by atoms with Gasteiger partial charge in [-0.3, -0.25) is 19.5 Å². The zero-order chi connectivity index (χ0) is 17.5. The molecule has 2 amide bonds. The van der Waals surface area contributed by atoms with Crippen LogP contribution in [0.25, 0.3) is 0 Å². The number of carbonyl (C=O) groups excluding carboxylic acids is 2. The van der Waals surface area contributed by atoms with Crippen molar-refractivity contribution in [3.63, 3.8) is 0 Å². The van der Waals surface area contributed by atoms with Crippen LogP contribution in [0.4, 0.5) is 13.2 Å². The summed E-state index contributed by atoms with van der Waals surface area (Å²) in [6, 6.07) is 6.03. The molecule has 0 radical (unpaired) electrons. The molecule has 2 aromatic rings. The third kappa shape index (κ3) is 2.57. The van der Waals surface area contributed by atoms with Crippen molar-refractivity contribution in [2.24, 2.45) is 0 Å². The molecule has 0 bridgehead atoms. The summed E-state index contributed by atoms with van der Waals surface area (Å²) in [5, 5.41) is 0. The number of fused-ring (bicyclic) bond motifs is 1. The quantitative estimate of drug-likeness (QED) is 0.804. The molecule has 0 aliphatic carbocycles. The predicted octanol–water partition coefficient (Wildman–Crippen LogP) is 2.30. The average Bonchev–Trinajstić information content (AvgIpc) is 2.80. The van der Waals surface area contributed by atoms with E-state index in [2.05, 4.69) is 14.7 Å². The number of ether oxygens (including phenoxy) is 1. The Balaban J connectivity index is 1.98. The maximum atomic E-state index is 13.1. The van der Waals surface area contributed by atoms with Crippen LogP contribution >= 0.6 is 0 Å². The standard InChI is InChI=1S/C15H10F3N3O3/c1-24-11-6-19-10(12(20-11)15(16,17)18)7-21-13(22)8-4-2-3-5-9(8)14(21)23/h2-6H,7H2,1H3. The van der Waals surface area contributed by atoms with Crippen LogP contribution in [0, 0.1) is 0 Å². The number of benzene rings is 1. The molecule has 2 heterocycles. The molecular weight excluding hydrogens is 327 g/mol. The Morgan fingerprint density at radius 2 is 1.71 bits per heavy atom. The van der Waals surface area contributed by atoms with E-state index in [1.165, 1.54) is 12.1 Å². The minimum absolute atomic E-state index is 0.150. The lowest BCUT2D eigenvalue weighted by molar-refractivity contribution is -0.142. The van der Waals surface area contributed by atoms with Crippen LogP contribution in [0.5, 0.6) is 5.88 Å². The number of nitrogens with zero attached hydrogens (tertiary/aromatic N) is 3. The number of amides is 2. The number of rotatable bonds is 3. The van der Waals surface area contributed by atoms with Gasteiger partial charge in [0.2, 0.25) is 5.88 Å². The fraction of sp³-hybridized carbons (Fsp3) is 0.200. The van der Waals surface area contributed by atoms with Crippen LogP contribution < -0.4 is 4.74 Å². The molecule has 0 saturated carbocycles. The van der Waals surface area contributed by atoms with Gasteiger partial charge < -0.3 is 4.74 Å². The molecule has 0 unspecified atom stereocenters. The summed E-state index contributed by atoms with van der Waals surface area (Å²) in [7, 11) is 1.16. The van der Waals surface area contributed by atoms with Crippen LogP contribution in [-0.2, 0) is 12.7 Å². The first-order chi connectivity index (χ1) is 11.3. The summed E-state index contributed by atoms with van der Waals surface area (Å²) in [5.41, 5.74) is -1.52. The lowest BCUT2D eigenvalue weighted by Crippen LogP contribution is -2.31. The Kier molecular flexibility index (Phi) is 3.70. The first-order valence-corrected chi connectivity index (χ1v) is 6.75. The molecule has 1 aliphatic heterocycles. The molecule has 1 aromatic heterocycles. The zero-order valence-corrected chi connectivity index (χ0v) is 12.3. The number of hydrogen-bond acceptors (Lipinski definition) is 5. The second-order valence-electron chi connectivity index (χ2n) is 4.95. The normalized spacial score (nSPS) is 14.1. The summed E-state index contributed by atoms with van der Waals surface area (Å²) in [4.78, 5) is 32.2. The largest absolute Gasteiger partial charge is 0.480 e. The molecule has 9 heteroatoms. The molecule has 3 rings (SSSR count). The van der Waals surface area contributed by atoms with Crippen molar-refractivity contribution in [1.29, 1.82) is 0 Å². The van der Waals surface area contributed by atoms with Crippen molar-refractivity contribution in [1.82, 2.24) is 14.9 Å². The van der Waals surface area contributed by atoms with E-state index in [4.69, 9.17) is 0 Å². The summed E-state index contributed by atoms with van der Waals surface area (Å²) in [6.07, 6.45) is -3.79. The maximum Gasteiger partial charge on any atom is 0.435 e. The van der Waals surface area contributed by atoms with Gasteiger partial charge in [-0.25, -0.2) is 4.98 Å². The van der Waals surface area contributed by atoms with Crippen molar-refractivity contribution in [3.05, 3.63) is 53.0 Å². The van der Waals surface area contributed by atoms with Gasteiger partial charge in [-0.05, 0) is 12.1 Å². The topological polar surface area (TPSA) is 72.4 Å². The van der Waals surface area contributed by atoms with Crippen LogP contribution in [0.3, 0.4) is 0 Å². The summed E-state index contributed by atoms with van der Waals surface area (Å²) >= 11 is 0. The van der Waals surface area contributed by atoms with Crippen molar-refractivity contribution in [2.75, 3.05) is 7.11 Å². The number of carbonyl (C=O) groups is 2. The molecule has 0 atom stereocenters. The van der Waals surface area contributed by atoms with Gasteiger partial charge >= 0.3 is 6.18 Å². The van der Waals surface area contributed by atoms with Gasteiger partial charge in [0.05, 0.1) is 36.7 Å². The van der Waals surface area contributed by atoms with Gasteiger partial charge in [0.25, 0.3) is 11.8 Å². The first kappa shape index (κ1) is 15.9. The lowest BCUT2D eigenvalue weighted by Gasteiger charge is -2.17. The first-order valence-electron chi connectivity index (χ1n) is 6.75. The number of halogens is 3.